The van der Waals surface area contributed by atoms with E-state index >= 15 is 0 Å². The highest BCUT2D eigenvalue weighted by molar-refractivity contribution is 5.31. The fourth-order valence-corrected chi connectivity index (χ4v) is 2.50. The fraction of sp³-hybridized carbons (Fsp3) is 0.533. The number of nitrogens with two attached hydrogens (primary N) is 1. The van der Waals surface area contributed by atoms with Crippen LogP contribution < -0.4 is 5.73 Å². The zero-order valence-corrected chi connectivity index (χ0v) is 11.4. The summed E-state index contributed by atoms with van der Waals surface area (Å²) in [6, 6.07) is 11.9. The molecule has 102 valence electrons. The molecule has 0 saturated carbocycles. The van der Waals surface area contributed by atoms with Crippen LogP contribution in [-0.4, -0.2) is 37.2 Å². The Morgan fingerprint density at radius 3 is 2.89 bits per heavy atom. The maximum atomic E-state index is 9.47. The summed E-state index contributed by atoms with van der Waals surface area (Å²) >= 11 is 0. The van der Waals surface area contributed by atoms with Gasteiger partial charge in [-0.3, -0.25) is 4.90 Å². The molecule has 0 aliphatic carbocycles. The molecule has 1 fully saturated rings. The normalized spacial score (nSPS) is 24.2. The SMILES string of the molecule is CC1CN(CC(N)(C#N)c2ccccc2)CCCO1. The van der Waals surface area contributed by atoms with Crippen molar-refractivity contribution in [2.24, 2.45) is 5.73 Å². The van der Waals surface area contributed by atoms with Gasteiger partial charge in [-0.2, -0.15) is 5.26 Å². The van der Waals surface area contributed by atoms with Gasteiger partial charge in [0.15, 0.2) is 0 Å². The molecule has 2 rings (SSSR count). The zero-order chi connectivity index (χ0) is 13.7. The molecule has 1 heterocycles. The third kappa shape index (κ3) is 3.54. The molecule has 4 nitrogen and oxygen atoms in total. The molecule has 0 aromatic heterocycles. The Morgan fingerprint density at radius 2 is 2.21 bits per heavy atom. The largest absolute Gasteiger partial charge is 0.377 e. The van der Waals surface area contributed by atoms with E-state index in [1.807, 2.05) is 30.3 Å². The molecule has 0 amide bonds. The van der Waals surface area contributed by atoms with Gasteiger partial charge < -0.3 is 10.5 Å². The Kier molecular flexibility index (Phi) is 4.54. The van der Waals surface area contributed by atoms with Crippen LogP contribution in [0.3, 0.4) is 0 Å². The van der Waals surface area contributed by atoms with Gasteiger partial charge in [0.05, 0.1) is 12.2 Å². The molecule has 0 bridgehead atoms. The first kappa shape index (κ1) is 14.0. The maximum absolute atomic E-state index is 9.47. The van der Waals surface area contributed by atoms with Crippen LogP contribution in [0.15, 0.2) is 30.3 Å². The Morgan fingerprint density at radius 1 is 1.47 bits per heavy atom. The number of hydrogen-bond donors (Lipinski definition) is 1. The second kappa shape index (κ2) is 6.16. The van der Waals surface area contributed by atoms with Gasteiger partial charge in [-0.25, -0.2) is 0 Å². The van der Waals surface area contributed by atoms with Crippen LogP contribution in [0.5, 0.6) is 0 Å². The molecule has 1 saturated heterocycles. The highest BCUT2D eigenvalue weighted by Crippen LogP contribution is 2.20. The summed E-state index contributed by atoms with van der Waals surface area (Å²) in [4.78, 5) is 2.23. The van der Waals surface area contributed by atoms with E-state index in [1.54, 1.807) is 0 Å². The molecule has 1 aromatic rings. The summed E-state index contributed by atoms with van der Waals surface area (Å²) in [7, 11) is 0. The van der Waals surface area contributed by atoms with Crippen LogP contribution in [-0.2, 0) is 10.3 Å². The molecule has 1 aliphatic heterocycles. The lowest BCUT2D eigenvalue weighted by Gasteiger charge is -2.30. The van der Waals surface area contributed by atoms with Crippen LogP contribution in [0.1, 0.15) is 18.9 Å². The molecule has 2 N–H and O–H groups in total. The van der Waals surface area contributed by atoms with E-state index in [0.717, 1.165) is 31.7 Å². The third-order valence-corrected chi connectivity index (χ3v) is 3.50. The molecule has 0 spiro atoms. The number of nitrogens with zero attached hydrogens (tertiary/aromatic N) is 2. The maximum Gasteiger partial charge on any atom is 0.142 e. The number of ether oxygens (including phenoxy) is 1. The van der Waals surface area contributed by atoms with E-state index in [0.29, 0.717) is 6.54 Å². The third-order valence-electron chi connectivity index (χ3n) is 3.50. The van der Waals surface area contributed by atoms with E-state index in [4.69, 9.17) is 10.5 Å². The summed E-state index contributed by atoms with van der Waals surface area (Å²) in [6.45, 7) is 5.14. The minimum Gasteiger partial charge on any atom is -0.377 e. The molecule has 2 unspecified atom stereocenters. The average Bonchev–Trinajstić information content (AvgIpc) is 2.64. The van der Waals surface area contributed by atoms with Crippen molar-refractivity contribution in [3.63, 3.8) is 0 Å². The molecular weight excluding hydrogens is 238 g/mol. The van der Waals surface area contributed by atoms with E-state index < -0.39 is 5.54 Å². The lowest BCUT2D eigenvalue weighted by Crippen LogP contribution is -2.48. The minimum absolute atomic E-state index is 0.196. The first-order chi connectivity index (χ1) is 9.14. The van der Waals surface area contributed by atoms with Crippen LogP contribution in [0.4, 0.5) is 0 Å². The highest BCUT2D eigenvalue weighted by atomic mass is 16.5. The number of benzene rings is 1. The van der Waals surface area contributed by atoms with Crippen molar-refractivity contribution in [2.45, 2.75) is 25.0 Å². The smallest absolute Gasteiger partial charge is 0.142 e. The Labute approximate surface area is 114 Å². The fourth-order valence-electron chi connectivity index (χ4n) is 2.50. The van der Waals surface area contributed by atoms with Gasteiger partial charge in [0.25, 0.3) is 0 Å². The van der Waals surface area contributed by atoms with Crippen molar-refractivity contribution in [3.05, 3.63) is 35.9 Å². The van der Waals surface area contributed by atoms with E-state index in [-0.39, 0.29) is 6.10 Å². The van der Waals surface area contributed by atoms with Gasteiger partial charge >= 0.3 is 0 Å². The van der Waals surface area contributed by atoms with Crippen LogP contribution in [0, 0.1) is 11.3 Å². The van der Waals surface area contributed by atoms with Crippen LogP contribution in [0.25, 0.3) is 0 Å². The van der Waals surface area contributed by atoms with Crippen molar-refractivity contribution in [1.29, 1.82) is 5.26 Å². The van der Waals surface area contributed by atoms with Crippen LogP contribution in [0.2, 0.25) is 0 Å². The molecule has 2 atom stereocenters. The predicted octanol–water partition coefficient (Wildman–Crippen LogP) is 1.47. The summed E-state index contributed by atoms with van der Waals surface area (Å²) < 4.78 is 5.62. The van der Waals surface area contributed by atoms with Crippen molar-refractivity contribution in [3.8, 4) is 6.07 Å². The summed E-state index contributed by atoms with van der Waals surface area (Å²) in [6.07, 6.45) is 1.18. The Bertz CT molecular complexity index is 442. The van der Waals surface area contributed by atoms with Crippen molar-refractivity contribution < 1.29 is 4.74 Å². The van der Waals surface area contributed by atoms with Gasteiger partial charge in [0.1, 0.15) is 5.54 Å². The van der Waals surface area contributed by atoms with E-state index in [2.05, 4.69) is 17.9 Å². The summed E-state index contributed by atoms with van der Waals surface area (Å²) in [5.41, 5.74) is 6.22. The van der Waals surface area contributed by atoms with Crippen molar-refractivity contribution in [2.75, 3.05) is 26.2 Å². The standard InChI is InChI=1S/C15H21N3O/c1-13-10-18(8-5-9-19-13)12-15(17,11-16)14-6-3-2-4-7-14/h2-4,6-7,13H,5,8-10,12,17H2,1H3. The molecular formula is C15H21N3O. The number of rotatable bonds is 3. The zero-order valence-electron chi connectivity index (χ0n) is 11.4. The van der Waals surface area contributed by atoms with Gasteiger partial charge in [0.2, 0.25) is 0 Å². The van der Waals surface area contributed by atoms with Gasteiger partial charge in [-0.05, 0) is 18.9 Å². The van der Waals surface area contributed by atoms with E-state index in [1.165, 1.54) is 0 Å². The second-order valence-corrected chi connectivity index (χ2v) is 5.22. The van der Waals surface area contributed by atoms with E-state index in [9.17, 15) is 5.26 Å². The topological polar surface area (TPSA) is 62.3 Å². The first-order valence-electron chi connectivity index (χ1n) is 6.74. The molecule has 4 heteroatoms. The van der Waals surface area contributed by atoms with Crippen molar-refractivity contribution >= 4 is 0 Å². The van der Waals surface area contributed by atoms with Gasteiger partial charge in [0, 0.05) is 26.2 Å². The second-order valence-electron chi connectivity index (χ2n) is 5.22. The monoisotopic (exact) mass is 259 g/mol. The quantitative estimate of drug-likeness (QED) is 0.893. The molecule has 0 radical (unpaired) electrons. The first-order valence-corrected chi connectivity index (χ1v) is 6.74. The van der Waals surface area contributed by atoms with Crippen LogP contribution >= 0.6 is 0 Å². The van der Waals surface area contributed by atoms with Crippen molar-refractivity contribution in [1.82, 2.24) is 4.90 Å². The lowest BCUT2D eigenvalue weighted by atomic mass is 9.92. The Hall–Kier alpha value is -1.41. The summed E-state index contributed by atoms with van der Waals surface area (Å²) in [5.74, 6) is 0. The van der Waals surface area contributed by atoms with Gasteiger partial charge in [-0.15, -0.1) is 0 Å². The summed E-state index contributed by atoms with van der Waals surface area (Å²) in [5, 5.41) is 9.47. The molecule has 19 heavy (non-hydrogen) atoms. The Balaban J connectivity index is 2.12. The number of nitriles is 1. The highest BCUT2D eigenvalue weighted by Gasteiger charge is 2.30. The minimum atomic E-state index is -0.953. The molecule has 1 aliphatic rings. The lowest BCUT2D eigenvalue weighted by molar-refractivity contribution is 0.0657. The molecule has 1 aromatic carbocycles. The number of hydrogen-bond acceptors (Lipinski definition) is 4. The average molecular weight is 259 g/mol. The van der Waals surface area contributed by atoms with Gasteiger partial charge in [-0.1, -0.05) is 30.3 Å². The predicted molar refractivity (Wildman–Crippen MR) is 74.4 cm³/mol.